The summed E-state index contributed by atoms with van der Waals surface area (Å²) >= 11 is 0. The number of rotatable bonds is 4. The lowest BCUT2D eigenvalue weighted by atomic mass is 10.1. The molecule has 0 saturated carbocycles. The summed E-state index contributed by atoms with van der Waals surface area (Å²) in [5.74, 6) is -0.947. The van der Waals surface area contributed by atoms with E-state index in [1.165, 1.54) is 18.2 Å². The third-order valence-corrected chi connectivity index (χ3v) is 4.64. The molecule has 2 rings (SSSR count). The number of piperidine rings is 1. The molecule has 0 bridgehead atoms. The normalized spacial score (nSPS) is 15.8. The van der Waals surface area contributed by atoms with Crippen LogP contribution in [-0.4, -0.2) is 45.1 Å². The fraction of sp³-hybridized carbons (Fsp3) is 0.500. The first-order valence-electron chi connectivity index (χ1n) is 6.89. The van der Waals surface area contributed by atoms with Gasteiger partial charge in [0.15, 0.2) is 0 Å². The summed E-state index contributed by atoms with van der Waals surface area (Å²) in [7, 11) is -3.73. The van der Waals surface area contributed by atoms with Crippen molar-refractivity contribution in [3.63, 3.8) is 0 Å². The van der Waals surface area contributed by atoms with E-state index in [0.29, 0.717) is 13.1 Å². The molecule has 0 radical (unpaired) electrons. The maximum absolute atomic E-state index is 13.8. The van der Waals surface area contributed by atoms with E-state index in [-0.39, 0.29) is 18.1 Å². The summed E-state index contributed by atoms with van der Waals surface area (Å²) in [5.41, 5.74) is -0.0923. The van der Waals surface area contributed by atoms with Crippen LogP contribution in [0.1, 0.15) is 19.3 Å². The predicted molar refractivity (Wildman–Crippen MR) is 79.0 cm³/mol. The molecule has 116 valence electrons. The van der Waals surface area contributed by atoms with E-state index in [0.717, 1.165) is 29.8 Å². The summed E-state index contributed by atoms with van der Waals surface area (Å²) in [5, 5.41) is 0. The second kappa shape index (κ2) is 6.43. The molecule has 0 atom stereocenters. The Hall–Kier alpha value is -1.63. The molecule has 7 heteroatoms. The van der Waals surface area contributed by atoms with Crippen LogP contribution in [0.3, 0.4) is 0 Å². The minimum atomic E-state index is -3.73. The van der Waals surface area contributed by atoms with E-state index in [1.807, 2.05) is 0 Å². The van der Waals surface area contributed by atoms with Crippen LogP contribution in [-0.2, 0) is 14.8 Å². The largest absolute Gasteiger partial charge is 0.341 e. The molecule has 0 aromatic heterocycles. The molecule has 0 spiro atoms. The molecule has 0 aliphatic carbocycles. The molecular formula is C14H19FN2O3S. The van der Waals surface area contributed by atoms with Crippen molar-refractivity contribution in [1.82, 2.24) is 4.90 Å². The molecule has 1 fully saturated rings. The average Bonchev–Trinajstić information content (AvgIpc) is 2.45. The lowest BCUT2D eigenvalue weighted by molar-refractivity contribution is -0.130. The fourth-order valence-electron chi connectivity index (χ4n) is 2.40. The highest BCUT2D eigenvalue weighted by molar-refractivity contribution is 7.92. The summed E-state index contributed by atoms with van der Waals surface area (Å²) in [6.45, 7) is 0.904. The zero-order valence-electron chi connectivity index (χ0n) is 12.0. The fourth-order valence-corrected chi connectivity index (χ4v) is 3.25. The number of sulfonamides is 1. The van der Waals surface area contributed by atoms with Crippen molar-refractivity contribution in [1.29, 1.82) is 0 Å². The first kappa shape index (κ1) is 15.8. The van der Waals surface area contributed by atoms with Crippen molar-refractivity contribution in [2.24, 2.45) is 0 Å². The molecule has 1 saturated heterocycles. The number of halogens is 1. The van der Waals surface area contributed by atoms with Gasteiger partial charge in [0.25, 0.3) is 0 Å². The molecule has 1 amide bonds. The Morgan fingerprint density at radius 1 is 1.24 bits per heavy atom. The molecule has 1 aliphatic rings. The van der Waals surface area contributed by atoms with E-state index in [2.05, 4.69) is 0 Å². The first-order chi connectivity index (χ1) is 9.89. The van der Waals surface area contributed by atoms with Gasteiger partial charge in [-0.05, 0) is 31.4 Å². The minimum Gasteiger partial charge on any atom is -0.341 e. The van der Waals surface area contributed by atoms with E-state index in [9.17, 15) is 17.6 Å². The number of anilines is 1. The number of para-hydroxylation sites is 1. The molecule has 1 aromatic rings. The molecule has 1 heterocycles. The molecule has 0 N–H and O–H groups in total. The molecule has 5 nitrogen and oxygen atoms in total. The van der Waals surface area contributed by atoms with Gasteiger partial charge in [-0.1, -0.05) is 12.1 Å². The summed E-state index contributed by atoms with van der Waals surface area (Å²) in [6, 6.07) is 5.56. The van der Waals surface area contributed by atoms with Crippen LogP contribution in [0.2, 0.25) is 0 Å². The number of likely N-dealkylation sites (tertiary alicyclic amines) is 1. The van der Waals surface area contributed by atoms with E-state index in [4.69, 9.17) is 0 Å². The monoisotopic (exact) mass is 314 g/mol. The van der Waals surface area contributed by atoms with Gasteiger partial charge < -0.3 is 4.90 Å². The smallest absolute Gasteiger partial charge is 0.243 e. The summed E-state index contributed by atoms with van der Waals surface area (Å²) < 4.78 is 38.4. The maximum Gasteiger partial charge on any atom is 0.243 e. The predicted octanol–water partition coefficient (Wildman–Crippen LogP) is 1.60. The van der Waals surface area contributed by atoms with Crippen LogP contribution < -0.4 is 4.31 Å². The Bertz CT molecular complexity index is 612. The first-order valence-corrected chi connectivity index (χ1v) is 8.74. The number of hydrogen-bond donors (Lipinski definition) is 0. The van der Waals surface area contributed by atoms with E-state index >= 15 is 0 Å². The zero-order valence-corrected chi connectivity index (χ0v) is 12.8. The van der Waals surface area contributed by atoms with Gasteiger partial charge in [-0.15, -0.1) is 0 Å². The summed E-state index contributed by atoms with van der Waals surface area (Å²) in [4.78, 5) is 13.9. The molecule has 0 unspecified atom stereocenters. The van der Waals surface area contributed by atoms with Crippen molar-refractivity contribution < 1.29 is 17.6 Å². The van der Waals surface area contributed by atoms with Gasteiger partial charge in [0.1, 0.15) is 12.4 Å². The van der Waals surface area contributed by atoms with Crippen LogP contribution in [0.25, 0.3) is 0 Å². The Balaban J connectivity index is 2.22. The summed E-state index contributed by atoms with van der Waals surface area (Å²) in [6.07, 6.45) is 3.89. The Kier molecular flexibility index (Phi) is 4.82. The lowest BCUT2D eigenvalue weighted by Crippen LogP contribution is -2.44. The Labute approximate surface area is 124 Å². The lowest BCUT2D eigenvalue weighted by Gasteiger charge is -2.30. The van der Waals surface area contributed by atoms with Crippen LogP contribution >= 0.6 is 0 Å². The molecule has 1 aliphatic heterocycles. The van der Waals surface area contributed by atoms with Crippen molar-refractivity contribution in [2.75, 3.05) is 30.2 Å². The second-order valence-corrected chi connectivity index (χ2v) is 7.07. The highest BCUT2D eigenvalue weighted by Gasteiger charge is 2.26. The van der Waals surface area contributed by atoms with E-state index in [1.54, 1.807) is 11.0 Å². The molecular weight excluding hydrogens is 295 g/mol. The number of benzene rings is 1. The topological polar surface area (TPSA) is 57.7 Å². The second-order valence-electron chi connectivity index (χ2n) is 5.16. The van der Waals surface area contributed by atoms with Crippen LogP contribution in [0.5, 0.6) is 0 Å². The highest BCUT2D eigenvalue weighted by atomic mass is 32.2. The van der Waals surface area contributed by atoms with E-state index < -0.39 is 15.8 Å². The van der Waals surface area contributed by atoms with Gasteiger partial charge in [0.05, 0.1) is 11.9 Å². The zero-order chi connectivity index (χ0) is 15.5. The minimum absolute atomic E-state index is 0.0923. The molecule has 21 heavy (non-hydrogen) atoms. The van der Waals surface area contributed by atoms with Crippen molar-refractivity contribution in [3.8, 4) is 0 Å². The van der Waals surface area contributed by atoms with Gasteiger partial charge in [-0.2, -0.15) is 0 Å². The third kappa shape index (κ3) is 3.93. The van der Waals surface area contributed by atoms with Crippen LogP contribution in [0.15, 0.2) is 24.3 Å². The van der Waals surface area contributed by atoms with Crippen LogP contribution in [0.4, 0.5) is 10.1 Å². The maximum atomic E-state index is 13.8. The van der Waals surface area contributed by atoms with Crippen LogP contribution in [0, 0.1) is 5.82 Å². The van der Waals surface area contributed by atoms with Gasteiger partial charge >= 0.3 is 0 Å². The van der Waals surface area contributed by atoms with Crippen molar-refractivity contribution in [3.05, 3.63) is 30.1 Å². The highest BCUT2D eigenvalue weighted by Crippen LogP contribution is 2.21. The Morgan fingerprint density at radius 3 is 2.43 bits per heavy atom. The van der Waals surface area contributed by atoms with Crippen molar-refractivity contribution in [2.45, 2.75) is 19.3 Å². The number of nitrogens with zero attached hydrogens (tertiary/aromatic N) is 2. The van der Waals surface area contributed by atoms with Gasteiger partial charge in [0.2, 0.25) is 15.9 Å². The van der Waals surface area contributed by atoms with Gasteiger partial charge in [-0.25, -0.2) is 12.8 Å². The average molecular weight is 314 g/mol. The number of carbonyl (C=O) groups is 1. The number of hydrogen-bond acceptors (Lipinski definition) is 3. The van der Waals surface area contributed by atoms with Gasteiger partial charge in [-0.3, -0.25) is 9.10 Å². The standard InChI is InChI=1S/C14H19FN2O3S/c1-21(19,20)17(13-8-4-3-7-12(13)15)11-14(18)16-9-5-2-6-10-16/h3-4,7-8H,2,5-6,9-11H2,1H3. The number of amides is 1. The quantitative estimate of drug-likeness (QED) is 0.848. The van der Waals surface area contributed by atoms with Crippen molar-refractivity contribution >= 4 is 21.6 Å². The SMILES string of the molecule is CS(=O)(=O)N(CC(=O)N1CCCCC1)c1ccccc1F. The van der Waals surface area contributed by atoms with Gasteiger partial charge in [0, 0.05) is 13.1 Å². The molecule has 1 aromatic carbocycles. The third-order valence-electron chi connectivity index (χ3n) is 3.51. The Morgan fingerprint density at radius 2 is 1.86 bits per heavy atom. The number of carbonyl (C=O) groups excluding carboxylic acids is 1.